The Hall–Kier alpha value is -1.67. The molecule has 0 radical (unpaired) electrons. The summed E-state index contributed by atoms with van der Waals surface area (Å²) in [5, 5.41) is 5.15. The Balaban J connectivity index is 0.00000288. The van der Waals surface area contributed by atoms with Crippen LogP contribution < -0.4 is 40.2 Å². The number of nitrogens with one attached hydrogen (secondary N) is 2. The van der Waals surface area contributed by atoms with Crippen molar-refractivity contribution in [3.63, 3.8) is 0 Å². The van der Waals surface area contributed by atoms with Crippen molar-refractivity contribution in [1.82, 2.24) is 0 Å². The average molecular weight is 356 g/mol. The normalized spacial score (nSPS) is 10.4. The van der Waals surface area contributed by atoms with Crippen molar-refractivity contribution >= 4 is 33.0 Å². The van der Waals surface area contributed by atoms with Crippen LogP contribution in [0.1, 0.15) is 15.3 Å². The van der Waals surface area contributed by atoms with E-state index in [0.717, 1.165) is 0 Å². The Labute approximate surface area is 164 Å². The van der Waals surface area contributed by atoms with Gasteiger partial charge in [0.25, 0.3) is 0 Å². The minimum absolute atomic E-state index is 0. The van der Waals surface area contributed by atoms with E-state index in [-0.39, 0.29) is 52.6 Å². The summed E-state index contributed by atoms with van der Waals surface area (Å²) >= 11 is 0. The predicted molar refractivity (Wildman–Crippen MR) is 88.1 cm³/mol. The molecule has 0 spiro atoms. The molecule has 0 aliphatic heterocycles. The second-order valence-corrected chi connectivity index (χ2v) is 6.86. The largest absolute Gasteiger partial charge is 1.00 e. The molecule has 122 valence electrons. The Kier molecular flexibility index (Phi) is 7.16. The maximum absolute atomic E-state index is 12.5. The summed E-state index contributed by atoms with van der Waals surface area (Å²) in [7, 11) is -3.65. The topological polar surface area (TPSA) is 92.3 Å². The Morgan fingerprint density at radius 3 is 1.29 bits per heavy atom. The molecule has 8 heteroatoms. The van der Waals surface area contributed by atoms with Crippen LogP contribution in [0.4, 0.5) is 11.4 Å². The summed E-state index contributed by atoms with van der Waals surface area (Å²) in [5.74, 6) is -0.455. The van der Waals surface area contributed by atoms with Gasteiger partial charge in [0.05, 0.1) is 9.79 Å². The van der Waals surface area contributed by atoms with Crippen LogP contribution in [0.5, 0.6) is 0 Å². The Bertz CT molecular complexity index is 772. The molecular weight excluding hydrogens is 339 g/mol. The third kappa shape index (κ3) is 5.17. The van der Waals surface area contributed by atoms with E-state index in [1.807, 2.05) is 0 Å². The number of carbonyl (C=O) groups excluding carboxylic acids is 2. The van der Waals surface area contributed by atoms with Crippen LogP contribution in [0.25, 0.3) is 0 Å². The molecule has 0 bridgehead atoms. The molecule has 0 fully saturated rings. The number of rotatable bonds is 4. The van der Waals surface area contributed by atoms with Gasteiger partial charge in [-0.25, -0.2) is 8.42 Å². The minimum atomic E-state index is -3.65. The zero-order chi connectivity index (χ0) is 17.0. The number of hydrogen-bond donors (Lipinski definition) is 2. The Morgan fingerprint density at radius 1 is 0.750 bits per heavy atom. The SMILES string of the molecule is CC(=O)Nc1ccc(S(=O)(=O)c2ccc(NC(C)=O)cc2)cc1.[H-].[Na+]. The Morgan fingerprint density at radius 2 is 1.04 bits per heavy atom. The maximum atomic E-state index is 12.5. The van der Waals surface area contributed by atoms with E-state index in [4.69, 9.17) is 0 Å². The van der Waals surface area contributed by atoms with Gasteiger partial charge < -0.3 is 12.1 Å². The van der Waals surface area contributed by atoms with Crippen LogP contribution in [0, 0.1) is 0 Å². The molecule has 0 saturated heterocycles. The average Bonchev–Trinajstić information content (AvgIpc) is 2.47. The first-order valence-corrected chi connectivity index (χ1v) is 8.28. The summed E-state index contributed by atoms with van der Waals surface area (Å²) in [4.78, 5) is 22.2. The van der Waals surface area contributed by atoms with E-state index in [1.54, 1.807) is 0 Å². The predicted octanol–water partition coefficient (Wildman–Crippen LogP) is -0.447. The number of sulfone groups is 1. The number of carbonyl (C=O) groups is 2. The fraction of sp³-hybridized carbons (Fsp3) is 0.125. The van der Waals surface area contributed by atoms with Gasteiger partial charge in [0.15, 0.2) is 0 Å². The summed E-state index contributed by atoms with van der Waals surface area (Å²) < 4.78 is 25.1. The number of hydrogen-bond acceptors (Lipinski definition) is 4. The molecule has 6 nitrogen and oxygen atoms in total. The number of amides is 2. The molecule has 0 atom stereocenters. The van der Waals surface area contributed by atoms with E-state index in [1.165, 1.54) is 62.4 Å². The molecule has 0 unspecified atom stereocenters. The molecule has 0 saturated carbocycles. The first kappa shape index (κ1) is 20.4. The van der Waals surface area contributed by atoms with Gasteiger partial charge in [0.2, 0.25) is 21.7 Å². The van der Waals surface area contributed by atoms with E-state index in [9.17, 15) is 18.0 Å². The summed E-state index contributed by atoms with van der Waals surface area (Å²) in [6, 6.07) is 11.8. The van der Waals surface area contributed by atoms with Crippen LogP contribution in [0.15, 0.2) is 58.3 Å². The quantitative estimate of drug-likeness (QED) is 0.726. The van der Waals surface area contributed by atoms with Gasteiger partial charge in [0.1, 0.15) is 0 Å². The summed E-state index contributed by atoms with van der Waals surface area (Å²) in [6.45, 7) is 2.75. The third-order valence-electron chi connectivity index (χ3n) is 2.97. The van der Waals surface area contributed by atoms with Gasteiger partial charge >= 0.3 is 29.6 Å². The molecule has 2 N–H and O–H groups in total. The molecule has 0 aliphatic carbocycles. The first-order valence-electron chi connectivity index (χ1n) is 6.79. The van der Waals surface area contributed by atoms with Crippen molar-refractivity contribution in [1.29, 1.82) is 0 Å². The van der Waals surface area contributed by atoms with Gasteiger partial charge in [0, 0.05) is 25.2 Å². The molecule has 0 aliphatic rings. The van der Waals surface area contributed by atoms with Gasteiger partial charge in [-0.1, -0.05) is 0 Å². The standard InChI is InChI=1S/C16H16N2O4S.Na.H/c1-11(19)17-13-3-7-15(8-4-13)23(21,22)16-9-5-14(6-10-16)18-12(2)20;;/h3-10H,1-2H3,(H,17,19)(H,18,20);;/q;+1;-1. The number of anilines is 2. The minimum Gasteiger partial charge on any atom is -1.00 e. The molecule has 0 heterocycles. The van der Waals surface area contributed by atoms with Crippen molar-refractivity contribution < 1.29 is 49.0 Å². The molecule has 2 aromatic rings. The van der Waals surface area contributed by atoms with Crippen molar-refractivity contribution in [2.24, 2.45) is 0 Å². The van der Waals surface area contributed by atoms with E-state index >= 15 is 0 Å². The summed E-state index contributed by atoms with van der Waals surface area (Å²) in [5.41, 5.74) is 1.05. The molecule has 0 aromatic heterocycles. The van der Waals surface area contributed by atoms with Crippen molar-refractivity contribution in [2.75, 3.05) is 10.6 Å². The van der Waals surface area contributed by atoms with Crippen LogP contribution in [0.3, 0.4) is 0 Å². The van der Waals surface area contributed by atoms with Crippen molar-refractivity contribution in [3.8, 4) is 0 Å². The first-order chi connectivity index (χ1) is 10.8. The van der Waals surface area contributed by atoms with Gasteiger partial charge in [-0.05, 0) is 48.5 Å². The maximum Gasteiger partial charge on any atom is 1.00 e. The van der Waals surface area contributed by atoms with E-state index in [2.05, 4.69) is 10.6 Å². The van der Waals surface area contributed by atoms with E-state index in [0.29, 0.717) is 11.4 Å². The van der Waals surface area contributed by atoms with Crippen LogP contribution in [-0.2, 0) is 19.4 Å². The smallest absolute Gasteiger partial charge is 1.00 e. The monoisotopic (exact) mass is 356 g/mol. The van der Waals surface area contributed by atoms with Gasteiger partial charge in [-0.15, -0.1) is 0 Å². The van der Waals surface area contributed by atoms with E-state index < -0.39 is 9.84 Å². The third-order valence-corrected chi connectivity index (χ3v) is 4.76. The zero-order valence-electron chi connectivity index (χ0n) is 14.7. The number of benzene rings is 2. The van der Waals surface area contributed by atoms with Crippen molar-refractivity contribution in [2.45, 2.75) is 23.6 Å². The van der Waals surface area contributed by atoms with Gasteiger partial charge in [-0.3, -0.25) is 9.59 Å². The molecule has 2 aromatic carbocycles. The fourth-order valence-corrected chi connectivity index (χ4v) is 3.24. The molecular formula is C16H17N2NaO4S. The molecule has 24 heavy (non-hydrogen) atoms. The fourth-order valence-electron chi connectivity index (χ4n) is 1.98. The molecule has 2 rings (SSSR count). The van der Waals surface area contributed by atoms with Crippen LogP contribution >= 0.6 is 0 Å². The van der Waals surface area contributed by atoms with Crippen LogP contribution in [-0.4, -0.2) is 20.2 Å². The zero-order valence-corrected chi connectivity index (χ0v) is 16.5. The second kappa shape index (κ2) is 8.43. The summed E-state index contributed by atoms with van der Waals surface area (Å²) in [6.07, 6.45) is 0. The van der Waals surface area contributed by atoms with Gasteiger partial charge in [-0.2, -0.15) is 0 Å². The molecule has 2 amide bonds. The second-order valence-electron chi connectivity index (χ2n) is 4.91. The van der Waals surface area contributed by atoms with Crippen molar-refractivity contribution in [3.05, 3.63) is 48.5 Å². The van der Waals surface area contributed by atoms with Crippen LogP contribution in [0.2, 0.25) is 0 Å².